The van der Waals surface area contributed by atoms with Crippen molar-refractivity contribution >= 4 is 35.4 Å². The van der Waals surface area contributed by atoms with Crippen molar-refractivity contribution in [3.63, 3.8) is 0 Å². The lowest BCUT2D eigenvalue weighted by molar-refractivity contribution is 0.269. The van der Waals surface area contributed by atoms with E-state index in [0.29, 0.717) is 39.5 Å². The number of ether oxygens (including phenoxy) is 2. The predicted octanol–water partition coefficient (Wildman–Crippen LogP) is 5.53. The number of halogens is 2. The van der Waals surface area contributed by atoms with E-state index < -0.39 is 0 Å². The van der Waals surface area contributed by atoms with E-state index in [-0.39, 0.29) is 6.61 Å². The number of rotatable bonds is 9. The third-order valence-electron chi connectivity index (χ3n) is 4.24. The second-order valence-electron chi connectivity index (χ2n) is 6.17. The summed E-state index contributed by atoms with van der Waals surface area (Å²) in [6, 6.07) is 11.2. The first-order valence-electron chi connectivity index (χ1n) is 9.25. The Morgan fingerprint density at radius 3 is 2.55 bits per heavy atom. The zero-order valence-corrected chi connectivity index (χ0v) is 18.5. The molecule has 2 aromatic carbocycles. The monoisotopic (exact) mass is 452 g/mol. The summed E-state index contributed by atoms with van der Waals surface area (Å²) >= 11 is 17.7. The van der Waals surface area contributed by atoms with E-state index >= 15 is 0 Å². The van der Waals surface area contributed by atoms with Gasteiger partial charge in [0.05, 0.1) is 13.2 Å². The lowest BCUT2D eigenvalue weighted by atomic mass is 10.2. The number of nitrogens with one attached hydrogen (secondary N) is 2. The van der Waals surface area contributed by atoms with Crippen molar-refractivity contribution in [1.82, 2.24) is 14.9 Å². The Morgan fingerprint density at radius 2 is 1.86 bits per heavy atom. The molecule has 0 spiro atoms. The van der Waals surface area contributed by atoms with Crippen LogP contribution in [0.4, 0.5) is 0 Å². The van der Waals surface area contributed by atoms with Crippen molar-refractivity contribution in [2.75, 3.05) is 12.0 Å². The van der Waals surface area contributed by atoms with Crippen LogP contribution in [0.25, 0.3) is 0 Å². The second-order valence-corrected chi connectivity index (χ2v) is 7.37. The van der Waals surface area contributed by atoms with E-state index in [1.165, 1.54) is 0 Å². The molecule has 0 saturated heterocycles. The first-order chi connectivity index (χ1) is 14.0. The molecule has 2 N–H and O–H groups in total. The summed E-state index contributed by atoms with van der Waals surface area (Å²) in [6.07, 6.45) is 0.766. The van der Waals surface area contributed by atoms with Crippen LogP contribution in [-0.2, 0) is 19.6 Å². The molecule has 1 aromatic heterocycles. The van der Waals surface area contributed by atoms with Gasteiger partial charge in [0.1, 0.15) is 6.61 Å². The third kappa shape index (κ3) is 5.23. The van der Waals surface area contributed by atoms with Gasteiger partial charge in [0.15, 0.2) is 17.3 Å². The predicted molar refractivity (Wildman–Crippen MR) is 118 cm³/mol. The van der Waals surface area contributed by atoms with Crippen LogP contribution in [0.3, 0.4) is 0 Å². The van der Waals surface area contributed by atoms with Gasteiger partial charge in [-0.25, -0.2) is 4.68 Å². The molecule has 0 radical (unpaired) electrons. The van der Waals surface area contributed by atoms with E-state index in [1.807, 2.05) is 32.0 Å². The fourth-order valence-corrected chi connectivity index (χ4v) is 3.49. The maximum Gasteiger partial charge on any atom is 0.214 e. The van der Waals surface area contributed by atoms with Crippen LogP contribution < -0.4 is 14.9 Å². The minimum atomic E-state index is 0.250. The molecule has 0 unspecified atom stereocenters. The van der Waals surface area contributed by atoms with Crippen LogP contribution in [0.1, 0.15) is 30.8 Å². The average Bonchev–Trinajstić information content (AvgIpc) is 3.07. The van der Waals surface area contributed by atoms with Gasteiger partial charge >= 0.3 is 0 Å². The highest BCUT2D eigenvalue weighted by Crippen LogP contribution is 2.31. The lowest BCUT2D eigenvalue weighted by Gasteiger charge is -2.15. The maximum absolute atomic E-state index is 6.23. The summed E-state index contributed by atoms with van der Waals surface area (Å²) in [7, 11) is 0. The van der Waals surface area contributed by atoms with Crippen LogP contribution in [0.15, 0.2) is 36.4 Å². The van der Waals surface area contributed by atoms with Gasteiger partial charge in [-0.05, 0) is 49.0 Å². The third-order valence-corrected chi connectivity index (χ3v) is 5.22. The van der Waals surface area contributed by atoms with Crippen molar-refractivity contribution in [3.8, 4) is 11.5 Å². The van der Waals surface area contributed by atoms with Gasteiger partial charge in [-0.1, -0.05) is 42.3 Å². The summed E-state index contributed by atoms with van der Waals surface area (Å²) in [6.45, 7) is 5.27. The molecular formula is C20H22Cl2N4O2S. The van der Waals surface area contributed by atoms with E-state index in [9.17, 15) is 0 Å². The average molecular weight is 453 g/mol. The highest BCUT2D eigenvalue weighted by Gasteiger charge is 2.11. The Balaban J connectivity index is 1.74. The van der Waals surface area contributed by atoms with Gasteiger partial charge in [0.25, 0.3) is 0 Å². The summed E-state index contributed by atoms with van der Waals surface area (Å²) in [4.78, 5) is 0. The minimum absolute atomic E-state index is 0.250. The van der Waals surface area contributed by atoms with Gasteiger partial charge in [-0.15, -0.1) is 0 Å². The fourth-order valence-electron chi connectivity index (χ4n) is 2.77. The Bertz CT molecular complexity index is 1020. The number of hydrogen-bond donors (Lipinski definition) is 2. The van der Waals surface area contributed by atoms with Crippen LogP contribution in [0.5, 0.6) is 11.5 Å². The number of aryl methyl sites for hydroxylation is 1. The maximum atomic E-state index is 6.23. The molecule has 0 bridgehead atoms. The van der Waals surface area contributed by atoms with Crippen LogP contribution >= 0.6 is 35.4 Å². The summed E-state index contributed by atoms with van der Waals surface area (Å²) in [5.74, 6) is 2.12. The van der Waals surface area contributed by atoms with E-state index in [2.05, 4.69) is 15.6 Å². The number of aromatic amines is 1. The molecule has 0 aliphatic heterocycles. The van der Waals surface area contributed by atoms with Crippen molar-refractivity contribution in [2.45, 2.75) is 33.4 Å². The summed E-state index contributed by atoms with van der Waals surface area (Å²) in [5.41, 5.74) is 5.03. The topological polar surface area (TPSA) is 64.1 Å². The largest absolute Gasteiger partial charge is 0.490 e. The van der Waals surface area contributed by atoms with Crippen LogP contribution in [0, 0.1) is 4.77 Å². The molecular weight excluding hydrogens is 431 g/mol. The molecule has 0 atom stereocenters. The molecule has 9 heteroatoms. The molecule has 3 aromatic rings. The van der Waals surface area contributed by atoms with E-state index in [4.69, 9.17) is 44.9 Å². The first-order valence-corrected chi connectivity index (χ1v) is 10.4. The summed E-state index contributed by atoms with van der Waals surface area (Å²) < 4.78 is 14.0. The van der Waals surface area contributed by atoms with Gasteiger partial charge in [-0.2, -0.15) is 5.10 Å². The van der Waals surface area contributed by atoms with Crippen molar-refractivity contribution in [3.05, 3.63) is 68.2 Å². The van der Waals surface area contributed by atoms with Crippen molar-refractivity contribution in [1.29, 1.82) is 0 Å². The van der Waals surface area contributed by atoms with E-state index in [0.717, 1.165) is 23.4 Å². The lowest BCUT2D eigenvalue weighted by Crippen LogP contribution is -2.17. The Kier molecular flexibility index (Phi) is 7.41. The highest BCUT2D eigenvalue weighted by molar-refractivity contribution is 7.71. The van der Waals surface area contributed by atoms with Gasteiger partial charge in [0, 0.05) is 22.0 Å². The molecule has 154 valence electrons. The van der Waals surface area contributed by atoms with Gasteiger partial charge in [0.2, 0.25) is 4.77 Å². The zero-order valence-electron chi connectivity index (χ0n) is 16.2. The van der Waals surface area contributed by atoms with Gasteiger partial charge < -0.3 is 14.9 Å². The Morgan fingerprint density at radius 1 is 1.10 bits per heavy atom. The molecule has 0 saturated carbocycles. The van der Waals surface area contributed by atoms with Crippen molar-refractivity contribution in [2.24, 2.45) is 0 Å². The SMILES string of the molecule is CCOc1cc(CNn2c(CC)n[nH]c2=S)ccc1OCc1c(Cl)cccc1Cl. The number of nitrogens with zero attached hydrogens (tertiary/aromatic N) is 2. The Hall–Kier alpha value is -2.22. The molecule has 0 aliphatic carbocycles. The minimum Gasteiger partial charge on any atom is -0.490 e. The number of H-pyrrole nitrogens is 1. The standard InChI is InChI=1S/C20H22Cl2N4O2S/c1-3-19-24-25-20(29)26(19)23-11-13-8-9-17(18(10-13)27-4-2)28-12-14-15(21)6-5-7-16(14)22/h5-10,23H,3-4,11-12H2,1-2H3,(H,25,29). The number of aromatic nitrogens is 3. The Labute approximate surface area is 184 Å². The highest BCUT2D eigenvalue weighted by atomic mass is 35.5. The molecule has 0 fully saturated rings. The molecule has 0 amide bonds. The fraction of sp³-hybridized carbons (Fsp3) is 0.300. The zero-order chi connectivity index (χ0) is 20.8. The number of benzene rings is 2. The molecule has 1 heterocycles. The van der Waals surface area contributed by atoms with Gasteiger partial charge in [-0.3, -0.25) is 5.10 Å². The molecule has 6 nitrogen and oxygen atoms in total. The van der Waals surface area contributed by atoms with Crippen LogP contribution in [-0.4, -0.2) is 21.5 Å². The normalized spacial score (nSPS) is 10.8. The van der Waals surface area contributed by atoms with Crippen LogP contribution in [0.2, 0.25) is 10.0 Å². The number of hydrogen-bond acceptors (Lipinski definition) is 5. The molecule has 29 heavy (non-hydrogen) atoms. The quantitative estimate of drug-likeness (QED) is 0.417. The first kappa shape index (κ1) is 21.5. The molecule has 3 rings (SSSR count). The smallest absolute Gasteiger partial charge is 0.214 e. The summed E-state index contributed by atoms with van der Waals surface area (Å²) in [5, 5.41) is 8.12. The second kappa shape index (κ2) is 10.0. The van der Waals surface area contributed by atoms with Crippen molar-refractivity contribution < 1.29 is 9.47 Å². The molecule has 0 aliphatic rings. The van der Waals surface area contributed by atoms with E-state index in [1.54, 1.807) is 22.9 Å².